The number of amides is 1. The second kappa shape index (κ2) is 14.9. The van der Waals surface area contributed by atoms with Crippen LogP contribution in [0.25, 0.3) is 0 Å². The standard InChI is InChI=1S/C38H34F12N4O2/c1-19(2)31(55)21-5-9-23(10-6-21)33(35(39,40)41,36(42,43)44)24-11-7-22(8-12-24)32(56)54-30-16-14-26(18-28(30)52)34(37(45,46)47,38(48,49)50)25-13-15-29(27(51)17-25)53-20(3)4/h5-20,53H,51-52H2,1-4H3,(H,54,56). The lowest BCUT2D eigenvalue weighted by Crippen LogP contribution is -2.54. The Hall–Kier alpha value is -5.42. The van der Waals surface area contributed by atoms with Gasteiger partial charge in [0, 0.05) is 23.1 Å². The van der Waals surface area contributed by atoms with Crippen LogP contribution in [0.5, 0.6) is 0 Å². The van der Waals surface area contributed by atoms with E-state index in [9.17, 15) is 62.3 Å². The van der Waals surface area contributed by atoms with E-state index in [4.69, 9.17) is 11.5 Å². The molecule has 1 amide bonds. The van der Waals surface area contributed by atoms with Crippen molar-refractivity contribution in [3.05, 3.63) is 118 Å². The SMILES string of the molecule is CC(C)Nc1ccc(C(c2ccc(NC(=O)c3ccc(C(c4ccc(C(=O)C(C)C)cc4)(C(F)(F)F)C(F)(F)F)cc3)c(N)c2)(C(F)(F)F)C(F)(F)F)cc1N. The molecule has 0 fully saturated rings. The predicted octanol–water partition coefficient (Wildman–Crippen LogP) is 10.6. The molecular formula is C38H34F12N4O2. The van der Waals surface area contributed by atoms with E-state index < -0.39 is 98.0 Å². The van der Waals surface area contributed by atoms with Gasteiger partial charge in [0.25, 0.3) is 5.91 Å². The maximum absolute atomic E-state index is 14.8. The summed E-state index contributed by atoms with van der Waals surface area (Å²) in [5.41, 5.74) is -5.32. The average Bonchev–Trinajstić information content (AvgIpc) is 3.05. The molecule has 302 valence electrons. The Bertz CT molecular complexity index is 2040. The first-order chi connectivity index (χ1) is 25.6. The van der Waals surface area contributed by atoms with Crippen LogP contribution in [0.2, 0.25) is 0 Å². The Balaban J connectivity index is 1.75. The Kier molecular flexibility index (Phi) is 11.5. The number of nitrogens with one attached hydrogen (secondary N) is 2. The van der Waals surface area contributed by atoms with Gasteiger partial charge in [-0.05, 0) is 72.5 Å². The van der Waals surface area contributed by atoms with E-state index in [1.807, 2.05) is 0 Å². The summed E-state index contributed by atoms with van der Waals surface area (Å²) < 4.78 is 176. The van der Waals surface area contributed by atoms with Crippen molar-refractivity contribution in [3.8, 4) is 0 Å². The van der Waals surface area contributed by atoms with Gasteiger partial charge in [-0.3, -0.25) is 9.59 Å². The van der Waals surface area contributed by atoms with Crippen LogP contribution in [0.4, 0.5) is 75.4 Å². The van der Waals surface area contributed by atoms with Gasteiger partial charge in [0.1, 0.15) is 0 Å². The highest BCUT2D eigenvalue weighted by Gasteiger charge is 2.73. The highest BCUT2D eigenvalue weighted by Crippen LogP contribution is 2.58. The highest BCUT2D eigenvalue weighted by atomic mass is 19.4. The molecule has 0 radical (unpaired) electrons. The van der Waals surface area contributed by atoms with Gasteiger partial charge >= 0.3 is 24.7 Å². The summed E-state index contributed by atoms with van der Waals surface area (Å²) in [6.45, 7) is 6.30. The molecule has 6 N–H and O–H groups in total. The fourth-order valence-electron chi connectivity index (χ4n) is 6.40. The molecule has 0 atom stereocenters. The number of anilines is 4. The number of nitrogen functional groups attached to an aromatic ring is 2. The van der Waals surface area contributed by atoms with Crippen LogP contribution in [0, 0.1) is 5.92 Å². The molecule has 4 aromatic carbocycles. The molecule has 0 aliphatic rings. The number of hydrogen-bond donors (Lipinski definition) is 4. The molecule has 0 unspecified atom stereocenters. The summed E-state index contributed by atoms with van der Waals surface area (Å²) in [4.78, 5) is 25.4. The Labute approximate surface area is 312 Å². The van der Waals surface area contributed by atoms with Crippen molar-refractivity contribution in [1.29, 1.82) is 0 Å². The summed E-state index contributed by atoms with van der Waals surface area (Å²) in [5.74, 6) is -2.37. The zero-order chi connectivity index (χ0) is 42.4. The number of Topliss-reactive ketones (excluding diaryl/α,β-unsaturated/α-hetero) is 1. The fraction of sp³-hybridized carbons (Fsp3) is 0.316. The molecule has 56 heavy (non-hydrogen) atoms. The van der Waals surface area contributed by atoms with Gasteiger partial charge in [0.15, 0.2) is 5.78 Å². The second-order valence-electron chi connectivity index (χ2n) is 13.5. The topological polar surface area (TPSA) is 110 Å². The molecular weight excluding hydrogens is 772 g/mol. The Morgan fingerprint density at radius 3 is 1.18 bits per heavy atom. The third-order valence-corrected chi connectivity index (χ3v) is 9.07. The molecule has 0 aliphatic carbocycles. The van der Waals surface area contributed by atoms with Crippen molar-refractivity contribution in [2.24, 2.45) is 5.92 Å². The number of nitrogens with two attached hydrogens (primary N) is 2. The lowest BCUT2D eigenvalue weighted by molar-refractivity contribution is -0.290. The number of ketones is 1. The van der Waals surface area contributed by atoms with Gasteiger partial charge in [-0.1, -0.05) is 62.4 Å². The molecule has 0 saturated heterocycles. The van der Waals surface area contributed by atoms with E-state index in [-0.39, 0.29) is 17.3 Å². The van der Waals surface area contributed by atoms with Crippen LogP contribution in [-0.4, -0.2) is 42.4 Å². The van der Waals surface area contributed by atoms with Crippen LogP contribution >= 0.6 is 0 Å². The maximum atomic E-state index is 14.8. The maximum Gasteiger partial charge on any atom is 0.411 e. The third-order valence-electron chi connectivity index (χ3n) is 9.07. The van der Waals surface area contributed by atoms with Gasteiger partial charge in [0.05, 0.1) is 22.7 Å². The van der Waals surface area contributed by atoms with Crippen molar-refractivity contribution in [2.75, 3.05) is 22.1 Å². The first-order valence-electron chi connectivity index (χ1n) is 16.5. The highest BCUT2D eigenvalue weighted by molar-refractivity contribution is 6.05. The molecule has 6 nitrogen and oxygen atoms in total. The third kappa shape index (κ3) is 7.56. The number of hydrogen-bond acceptors (Lipinski definition) is 5. The van der Waals surface area contributed by atoms with E-state index in [0.717, 1.165) is 18.2 Å². The number of halogens is 12. The molecule has 0 aromatic heterocycles. The van der Waals surface area contributed by atoms with Crippen molar-refractivity contribution in [1.82, 2.24) is 0 Å². The quantitative estimate of drug-likeness (QED) is 0.0725. The number of carbonyl (C=O) groups excluding carboxylic acids is 2. The predicted molar refractivity (Wildman–Crippen MR) is 186 cm³/mol. The van der Waals surface area contributed by atoms with Crippen molar-refractivity contribution in [3.63, 3.8) is 0 Å². The van der Waals surface area contributed by atoms with Gasteiger partial charge in [0.2, 0.25) is 10.8 Å². The van der Waals surface area contributed by atoms with Crippen LogP contribution in [-0.2, 0) is 10.8 Å². The average molecular weight is 807 g/mol. The first kappa shape index (κ1) is 43.3. The minimum atomic E-state index is -6.03. The molecule has 4 aromatic rings. The Morgan fingerprint density at radius 2 is 0.839 bits per heavy atom. The lowest BCUT2D eigenvalue weighted by atomic mass is 9.72. The molecule has 0 spiro atoms. The minimum absolute atomic E-state index is 0.0727. The summed E-state index contributed by atoms with van der Waals surface area (Å²) in [6.07, 6.45) is -24.1. The molecule has 18 heteroatoms. The molecule has 0 saturated carbocycles. The second-order valence-corrected chi connectivity index (χ2v) is 13.5. The number of carbonyl (C=O) groups is 2. The molecule has 0 bridgehead atoms. The van der Waals surface area contributed by atoms with E-state index in [1.54, 1.807) is 13.8 Å². The minimum Gasteiger partial charge on any atom is -0.397 e. The van der Waals surface area contributed by atoms with Crippen molar-refractivity contribution >= 4 is 34.4 Å². The van der Waals surface area contributed by atoms with Crippen molar-refractivity contribution in [2.45, 2.75) is 69.3 Å². The lowest BCUT2D eigenvalue weighted by Gasteiger charge is -2.38. The monoisotopic (exact) mass is 806 g/mol. The number of benzene rings is 4. The van der Waals surface area contributed by atoms with E-state index >= 15 is 0 Å². The number of rotatable bonds is 10. The number of alkyl halides is 12. The summed E-state index contributed by atoms with van der Waals surface area (Å²) in [7, 11) is 0. The zero-order valence-electron chi connectivity index (χ0n) is 29.7. The smallest absolute Gasteiger partial charge is 0.397 e. The van der Waals surface area contributed by atoms with Gasteiger partial charge < -0.3 is 22.1 Å². The van der Waals surface area contributed by atoms with Gasteiger partial charge in [-0.25, -0.2) is 0 Å². The van der Waals surface area contributed by atoms with Crippen LogP contribution in [0.1, 0.15) is 70.7 Å². The van der Waals surface area contributed by atoms with E-state index in [2.05, 4.69) is 10.6 Å². The van der Waals surface area contributed by atoms with Crippen molar-refractivity contribution < 1.29 is 62.3 Å². The fourth-order valence-corrected chi connectivity index (χ4v) is 6.40. The van der Waals surface area contributed by atoms with E-state index in [0.29, 0.717) is 66.7 Å². The zero-order valence-corrected chi connectivity index (χ0v) is 29.7. The van der Waals surface area contributed by atoms with Crippen LogP contribution < -0.4 is 22.1 Å². The van der Waals surface area contributed by atoms with E-state index in [1.165, 1.54) is 13.8 Å². The summed E-state index contributed by atoms with van der Waals surface area (Å²) in [5, 5.41) is 4.90. The normalized spacial score (nSPS) is 13.2. The molecule has 0 heterocycles. The largest absolute Gasteiger partial charge is 0.411 e. The van der Waals surface area contributed by atoms with Gasteiger partial charge in [-0.15, -0.1) is 0 Å². The van der Waals surface area contributed by atoms with Crippen LogP contribution in [0.3, 0.4) is 0 Å². The van der Waals surface area contributed by atoms with Crippen LogP contribution in [0.15, 0.2) is 84.9 Å². The summed E-state index contributed by atoms with van der Waals surface area (Å²) >= 11 is 0. The van der Waals surface area contributed by atoms with Gasteiger partial charge in [-0.2, -0.15) is 52.7 Å². The summed E-state index contributed by atoms with van der Waals surface area (Å²) in [6, 6.07) is 7.93. The Morgan fingerprint density at radius 1 is 0.500 bits per heavy atom. The first-order valence-corrected chi connectivity index (χ1v) is 16.5. The molecule has 4 rings (SSSR count). The molecule has 0 aliphatic heterocycles.